The molecule has 1 fully saturated rings. The van der Waals surface area contributed by atoms with Crippen molar-refractivity contribution in [3.63, 3.8) is 0 Å². The lowest BCUT2D eigenvalue weighted by molar-refractivity contribution is -0.137. The van der Waals surface area contributed by atoms with Crippen molar-refractivity contribution >= 4 is 5.97 Å². The third kappa shape index (κ3) is 1.57. The van der Waals surface area contributed by atoms with E-state index in [0.717, 1.165) is 6.42 Å². The highest BCUT2D eigenvalue weighted by Crippen LogP contribution is 2.01. The Kier molecular flexibility index (Phi) is 2.41. The molecular formula is C5H10O2. The molecule has 0 aromatic carbocycles. The van der Waals surface area contributed by atoms with Crippen molar-refractivity contribution in [2.24, 2.45) is 0 Å². The molecule has 1 saturated heterocycles. The van der Waals surface area contributed by atoms with Crippen LogP contribution < -0.4 is 0 Å². The molecule has 42 valence electrons. The number of cyclic esters (lactones) is 1. The van der Waals surface area contributed by atoms with Gasteiger partial charge in [0.15, 0.2) is 0 Å². The second-order valence-corrected chi connectivity index (χ2v) is 1.32. The standard InChI is InChI=1S/C4H6O2.CH4/c5-4-2-1-3-6-4;/h1-3H2;1H4. The van der Waals surface area contributed by atoms with Gasteiger partial charge in [0, 0.05) is 6.42 Å². The molecule has 0 aliphatic carbocycles. The average molecular weight is 102 g/mol. The molecule has 0 N–H and O–H groups in total. The van der Waals surface area contributed by atoms with Crippen LogP contribution in [0.2, 0.25) is 0 Å². The predicted octanol–water partition coefficient (Wildman–Crippen LogP) is 0.960. The highest BCUT2D eigenvalue weighted by molar-refractivity contribution is 5.70. The van der Waals surface area contributed by atoms with Crippen molar-refractivity contribution in [3.05, 3.63) is 0 Å². The summed E-state index contributed by atoms with van der Waals surface area (Å²) in [5.74, 6) is -0.0463. The fourth-order valence-electron chi connectivity index (χ4n) is 0.475. The van der Waals surface area contributed by atoms with Crippen LogP contribution in [-0.4, -0.2) is 12.6 Å². The molecule has 7 heavy (non-hydrogen) atoms. The number of rotatable bonds is 0. The van der Waals surface area contributed by atoms with E-state index in [1.165, 1.54) is 0 Å². The van der Waals surface area contributed by atoms with Crippen LogP contribution in [0.15, 0.2) is 0 Å². The molecule has 0 aromatic rings. The summed E-state index contributed by atoms with van der Waals surface area (Å²) in [6.45, 7) is 0.638. The molecule has 0 saturated carbocycles. The molecule has 0 radical (unpaired) electrons. The minimum atomic E-state index is -0.0463. The fourth-order valence-corrected chi connectivity index (χ4v) is 0.475. The molecule has 2 heteroatoms. The Labute approximate surface area is 43.5 Å². The monoisotopic (exact) mass is 102 g/mol. The molecule has 1 rings (SSSR count). The third-order valence-corrected chi connectivity index (χ3v) is 0.788. The smallest absolute Gasteiger partial charge is 0.305 e. The van der Waals surface area contributed by atoms with Crippen molar-refractivity contribution in [3.8, 4) is 0 Å². The van der Waals surface area contributed by atoms with Crippen molar-refractivity contribution in [2.75, 3.05) is 6.61 Å². The number of hydrogen-bond donors (Lipinski definition) is 0. The molecule has 0 aromatic heterocycles. The second-order valence-electron chi connectivity index (χ2n) is 1.32. The zero-order valence-corrected chi connectivity index (χ0v) is 3.44. The molecule has 1 heterocycles. The van der Waals surface area contributed by atoms with Gasteiger partial charge in [-0.3, -0.25) is 4.79 Å². The van der Waals surface area contributed by atoms with Crippen molar-refractivity contribution in [1.82, 2.24) is 0 Å². The first-order valence-corrected chi connectivity index (χ1v) is 2.05. The third-order valence-electron chi connectivity index (χ3n) is 0.788. The van der Waals surface area contributed by atoms with Crippen LogP contribution in [0.3, 0.4) is 0 Å². The van der Waals surface area contributed by atoms with Gasteiger partial charge in [-0.15, -0.1) is 0 Å². The summed E-state index contributed by atoms with van der Waals surface area (Å²) >= 11 is 0. The molecule has 0 amide bonds. The van der Waals surface area contributed by atoms with E-state index in [4.69, 9.17) is 0 Å². The SMILES string of the molecule is C.O=C1CCCO1. The van der Waals surface area contributed by atoms with E-state index in [1.807, 2.05) is 0 Å². The fraction of sp³-hybridized carbons (Fsp3) is 0.800. The van der Waals surface area contributed by atoms with Gasteiger partial charge in [-0.05, 0) is 6.42 Å². The van der Waals surface area contributed by atoms with E-state index >= 15 is 0 Å². The molecule has 0 atom stereocenters. The Balaban J connectivity index is 0.000000360. The number of carbonyl (C=O) groups is 1. The van der Waals surface area contributed by atoms with Crippen LogP contribution >= 0.6 is 0 Å². The van der Waals surface area contributed by atoms with E-state index in [0.29, 0.717) is 13.0 Å². The molecule has 2 nitrogen and oxygen atoms in total. The van der Waals surface area contributed by atoms with Crippen molar-refractivity contribution in [2.45, 2.75) is 20.3 Å². The lowest BCUT2D eigenvalue weighted by atomic mass is 10.4. The van der Waals surface area contributed by atoms with Gasteiger partial charge >= 0.3 is 5.97 Å². The molecule has 1 aliphatic rings. The first-order valence-electron chi connectivity index (χ1n) is 2.05. The minimum absolute atomic E-state index is 0. The van der Waals surface area contributed by atoms with Crippen LogP contribution in [0.25, 0.3) is 0 Å². The van der Waals surface area contributed by atoms with Crippen LogP contribution in [0, 0.1) is 0 Å². The van der Waals surface area contributed by atoms with Gasteiger partial charge in [0.05, 0.1) is 6.61 Å². The van der Waals surface area contributed by atoms with Gasteiger partial charge in [0.1, 0.15) is 0 Å². The van der Waals surface area contributed by atoms with Gasteiger partial charge in [0.2, 0.25) is 0 Å². The van der Waals surface area contributed by atoms with Gasteiger partial charge < -0.3 is 4.74 Å². The van der Waals surface area contributed by atoms with Crippen molar-refractivity contribution < 1.29 is 9.53 Å². The maximum atomic E-state index is 10.0. The van der Waals surface area contributed by atoms with E-state index in [2.05, 4.69) is 4.74 Å². The maximum absolute atomic E-state index is 10.0. The van der Waals surface area contributed by atoms with Gasteiger partial charge in [-0.25, -0.2) is 0 Å². The van der Waals surface area contributed by atoms with Crippen molar-refractivity contribution in [1.29, 1.82) is 0 Å². The summed E-state index contributed by atoms with van der Waals surface area (Å²) in [6, 6.07) is 0. The average Bonchev–Trinajstić information content (AvgIpc) is 1.86. The van der Waals surface area contributed by atoms with Crippen LogP contribution in [-0.2, 0) is 9.53 Å². The topological polar surface area (TPSA) is 26.3 Å². The van der Waals surface area contributed by atoms with Crippen LogP contribution in [0.1, 0.15) is 20.3 Å². The summed E-state index contributed by atoms with van der Waals surface area (Å²) in [6.07, 6.45) is 1.54. The van der Waals surface area contributed by atoms with Gasteiger partial charge in [-0.2, -0.15) is 0 Å². The highest BCUT2D eigenvalue weighted by Gasteiger charge is 2.08. The normalized spacial score (nSPS) is 18.0. The zero-order chi connectivity index (χ0) is 4.41. The Morgan fingerprint density at radius 2 is 2.29 bits per heavy atom. The Morgan fingerprint density at radius 3 is 2.43 bits per heavy atom. The predicted molar refractivity (Wildman–Crippen MR) is 26.9 cm³/mol. The zero-order valence-electron chi connectivity index (χ0n) is 3.44. The summed E-state index contributed by atoms with van der Waals surface area (Å²) in [7, 11) is 0. The minimum Gasteiger partial charge on any atom is -0.466 e. The molecule has 0 spiro atoms. The van der Waals surface area contributed by atoms with Gasteiger partial charge in [0.25, 0.3) is 0 Å². The largest absolute Gasteiger partial charge is 0.466 e. The van der Waals surface area contributed by atoms with E-state index < -0.39 is 0 Å². The molecule has 0 bridgehead atoms. The molecule has 0 unspecified atom stereocenters. The van der Waals surface area contributed by atoms with Gasteiger partial charge in [-0.1, -0.05) is 7.43 Å². The lowest BCUT2D eigenvalue weighted by Gasteiger charge is -1.81. The Bertz CT molecular complexity index is 60.5. The summed E-state index contributed by atoms with van der Waals surface area (Å²) < 4.78 is 4.51. The first-order chi connectivity index (χ1) is 2.89. The number of esters is 1. The highest BCUT2D eigenvalue weighted by atomic mass is 16.5. The van der Waals surface area contributed by atoms with Crippen LogP contribution in [0.4, 0.5) is 0 Å². The Morgan fingerprint density at radius 1 is 1.57 bits per heavy atom. The Hall–Kier alpha value is -0.530. The molecular weight excluding hydrogens is 92.1 g/mol. The van der Waals surface area contributed by atoms with E-state index in [1.54, 1.807) is 0 Å². The second kappa shape index (κ2) is 2.61. The summed E-state index contributed by atoms with van der Waals surface area (Å²) in [4.78, 5) is 10.0. The lowest BCUT2D eigenvalue weighted by Crippen LogP contribution is -1.88. The number of hydrogen-bond acceptors (Lipinski definition) is 2. The molecule has 1 aliphatic heterocycles. The quantitative estimate of drug-likeness (QED) is 0.426. The first kappa shape index (κ1) is 6.47. The van der Waals surface area contributed by atoms with E-state index in [-0.39, 0.29) is 13.4 Å². The summed E-state index contributed by atoms with van der Waals surface area (Å²) in [5.41, 5.74) is 0. The van der Waals surface area contributed by atoms with E-state index in [9.17, 15) is 4.79 Å². The number of ether oxygens (including phenoxy) is 1. The maximum Gasteiger partial charge on any atom is 0.305 e. The summed E-state index contributed by atoms with van der Waals surface area (Å²) in [5, 5.41) is 0. The number of carbonyl (C=O) groups excluding carboxylic acids is 1. The van der Waals surface area contributed by atoms with Crippen LogP contribution in [0.5, 0.6) is 0 Å².